The van der Waals surface area contributed by atoms with Gasteiger partial charge in [-0.05, 0) is 48.7 Å². The monoisotopic (exact) mass is 475 g/mol. The summed E-state index contributed by atoms with van der Waals surface area (Å²) in [5, 5.41) is 12.3. The van der Waals surface area contributed by atoms with E-state index in [1.807, 2.05) is 12.1 Å². The summed E-state index contributed by atoms with van der Waals surface area (Å²) < 4.78 is 10.4. The van der Waals surface area contributed by atoms with Gasteiger partial charge in [0.15, 0.2) is 6.61 Å². The molecule has 1 aliphatic rings. The van der Waals surface area contributed by atoms with Crippen molar-refractivity contribution in [2.45, 2.75) is 37.6 Å². The lowest BCUT2D eigenvalue weighted by Gasteiger charge is -2.38. The Morgan fingerprint density at radius 2 is 1.77 bits per heavy atom. The van der Waals surface area contributed by atoms with Crippen molar-refractivity contribution in [3.8, 4) is 11.8 Å². The number of hydrogen-bond acceptors (Lipinski definition) is 6. The van der Waals surface area contributed by atoms with Crippen molar-refractivity contribution in [3.05, 3.63) is 65.7 Å². The molecule has 2 amide bonds. The third-order valence-corrected chi connectivity index (χ3v) is 6.18. The number of carbonyl (C=O) groups is 3. The van der Waals surface area contributed by atoms with Crippen molar-refractivity contribution in [1.82, 2.24) is 4.90 Å². The van der Waals surface area contributed by atoms with Crippen LogP contribution in [0, 0.1) is 11.3 Å². The normalized spacial score (nSPS) is 14.5. The molecule has 8 heteroatoms. The van der Waals surface area contributed by atoms with Crippen molar-refractivity contribution in [2.24, 2.45) is 0 Å². The lowest BCUT2D eigenvalue weighted by molar-refractivity contribution is -0.138. The van der Waals surface area contributed by atoms with Gasteiger partial charge < -0.3 is 19.7 Å². The van der Waals surface area contributed by atoms with Crippen LogP contribution in [0.5, 0.6) is 5.75 Å². The zero-order valence-corrected chi connectivity index (χ0v) is 20.0. The first-order valence-electron chi connectivity index (χ1n) is 11.5. The van der Waals surface area contributed by atoms with E-state index in [0.717, 1.165) is 24.8 Å². The van der Waals surface area contributed by atoms with Crippen LogP contribution in [0.1, 0.15) is 48.0 Å². The molecule has 0 heterocycles. The Morgan fingerprint density at radius 3 is 2.43 bits per heavy atom. The first-order valence-corrected chi connectivity index (χ1v) is 11.5. The van der Waals surface area contributed by atoms with Crippen LogP contribution in [0.25, 0.3) is 6.08 Å². The average Bonchev–Trinajstić information content (AvgIpc) is 2.90. The number of rotatable bonds is 8. The molecule has 35 heavy (non-hydrogen) atoms. The number of amides is 2. The third kappa shape index (κ3) is 6.48. The minimum Gasteiger partial charge on any atom is -0.497 e. The van der Waals surface area contributed by atoms with E-state index in [1.165, 1.54) is 17.0 Å². The van der Waals surface area contributed by atoms with E-state index < -0.39 is 29.9 Å². The smallest absolute Gasteiger partial charge is 0.340 e. The summed E-state index contributed by atoms with van der Waals surface area (Å²) in [5.74, 6) is -0.891. The molecule has 1 fully saturated rings. The van der Waals surface area contributed by atoms with Crippen LogP contribution in [0.3, 0.4) is 0 Å². The second kappa shape index (κ2) is 11.8. The molecule has 0 saturated heterocycles. The molecule has 8 nitrogen and oxygen atoms in total. The number of nitrogens with zero attached hydrogens (tertiary/aromatic N) is 2. The predicted octanol–water partition coefficient (Wildman–Crippen LogP) is 4.19. The quantitative estimate of drug-likeness (QED) is 0.453. The average molecular weight is 476 g/mol. The Bertz CT molecular complexity index is 1130. The minimum atomic E-state index is -0.857. The lowest BCUT2D eigenvalue weighted by Crippen LogP contribution is -2.51. The van der Waals surface area contributed by atoms with Gasteiger partial charge in [-0.3, -0.25) is 9.59 Å². The molecule has 1 saturated carbocycles. The summed E-state index contributed by atoms with van der Waals surface area (Å²) in [6.45, 7) is -0.488. The summed E-state index contributed by atoms with van der Waals surface area (Å²) in [7, 11) is 3.16. The number of ether oxygens (including phenoxy) is 2. The summed E-state index contributed by atoms with van der Waals surface area (Å²) >= 11 is 0. The van der Waals surface area contributed by atoms with Gasteiger partial charge in [-0.1, -0.05) is 43.5 Å². The third-order valence-electron chi connectivity index (χ3n) is 6.18. The second-order valence-corrected chi connectivity index (χ2v) is 8.37. The number of nitrogens with one attached hydrogen (secondary N) is 1. The summed E-state index contributed by atoms with van der Waals surface area (Å²) in [6.07, 6.45) is 7.01. The molecule has 182 valence electrons. The number of esters is 1. The molecule has 0 unspecified atom stereocenters. The van der Waals surface area contributed by atoms with Crippen molar-refractivity contribution < 1.29 is 23.9 Å². The zero-order valence-electron chi connectivity index (χ0n) is 20.0. The van der Waals surface area contributed by atoms with E-state index in [9.17, 15) is 19.6 Å². The van der Waals surface area contributed by atoms with Crippen molar-refractivity contribution in [3.63, 3.8) is 0 Å². The lowest BCUT2D eigenvalue weighted by atomic mass is 9.81. The second-order valence-electron chi connectivity index (χ2n) is 8.37. The van der Waals surface area contributed by atoms with Crippen molar-refractivity contribution in [1.29, 1.82) is 5.26 Å². The van der Waals surface area contributed by atoms with Crippen LogP contribution in [-0.2, 0) is 14.3 Å². The van der Waals surface area contributed by atoms with Crippen LogP contribution >= 0.6 is 0 Å². The Labute approximate surface area is 205 Å². The standard InChI is InChI=1S/C27H29N3O5/c1-30(27(19-28)16-6-3-7-17-27)25(32)18-35-26(33)22-8-4-5-9-23(22)29-24(31)15-12-20-10-13-21(34-2)14-11-20/h4-5,8-15H,3,6-7,16-18H2,1-2H3,(H,29,31). The fraction of sp³-hybridized carbons (Fsp3) is 0.333. The molecule has 2 aromatic rings. The Morgan fingerprint density at radius 1 is 1.09 bits per heavy atom. The molecule has 1 N–H and O–H groups in total. The molecule has 3 rings (SSSR count). The number of hydrogen-bond donors (Lipinski definition) is 1. The highest BCUT2D eigenvalue weighted by atomic mass is 16.5. The Kier molecular flexibility index (Phi) is 8.63. The van der Waals surface area contributed by atoms with Crippen molar-refractivity contribution >= 4 is 29.5 Å². The molecule has 0 bridgehead atoms. The number of methoxy groups -OCH3 is 1. The number of carbonyl (C=O) groups excluding carboxylic acids is 3. The van der Waals surface area contributed by atoms with E-state index in [-0.39, 0.29) is 11.3 Å². The fourth-order valence-electron chi connectivity index (χ4n) is 4.03. The van der Waals surface area contributed by atoms with Crippen LogP contribution in [0.2, 0.25) is 0 Å². The van der Waals surface area contributed by atoms with Crippen LogP contribution in [0.15, 0.2) is 54.6 Å². The van der Waals surface area contributed by atoms with Gasteiger partial charge >= 0.3 is 5.97 Å². The summed E-state index contributed by atoms with van der Waals surface area (Å²) in [4.78, 5) is 39.2. The highest BCUT2D eigenvalue weighted by molar-refractivity contribution is 6.06. The van der Waals surface area contributed by atoms with Gasteiger partial charge in [0.05, 0.1) is 24.4 Å². The van der Waals surface area contributed by atoms with Crippen LogP contribution < -0.4 is 10.1 Å². The van der Waals surface area contributed by atoms with Crippen LogP contribution in [0.4, 0.5) is 5.69 Å². The molecular formula is C27H29N3O5. The molecular weight excluding hydrogens is 446 g/mol. The minimum absolute atomic E-state index is 0.127. The van der Waals surface area contributed by atoms with Crippen molar-refractivity contribution in [2.75, 3.05) is 26.1 Å². The highest BCUT2D eigenvalue weighted by Crippen LogP contribution is 2.32. The van der Waals surface area contributed by atoms with Gasteiger partial charge in [0.25, 0.3) is 5.91 Å². The van der Waals surface area contributed by atoms with Crippen LogP contribution in [-0.4, -0.2) is 49.0 Å². The largest absolute Gasteiger partial charge is 0.497 e. The Balaban J connectivity index is 1.60. The number of likely N-dealkylation sites (N-methyl/N-ethyl adjacent to an activating group) is 1. The zero-order chi connectivity index (χ0) is 25.3. The van der Waals surface area contributed by atoms with Gasteiger partial charge in [0.2, 0.25) is 5.91 Å². The predicted molar refractivity (Wildman–Crippen MR) is 132 cm³/mol. The number of para-hydroxylation sites is 1. The molecule has 1 aliphatic carbocycles. The first-order chi connectivity index (χ1) is 16.9. The van der Waals surface area contributed by atoms with Gasteiger partial charge in [-0.25, -0.2) is 4.79 Å². The van der Waals surface area contributed by atoms with Gasteiger partial charge in [-0.15, -0.1) is 0 Å². The van der Waals surface area contributed by atoms with E-state index in [1.54, 1.807) is 50.6 Å². The highest BCUT2D eigenvalue weighted by Gasteiger charge is 2.39. The summed E-state index contributed by atoms with van der Waals surface area (Å²) in [5.41, 5.74) is 0.346. The van der Waals surface area contributed by atoms with E-state index >= 15 is 0 Å². The van der Waals surface area contributed by atoms with E-state index in [2.05, 4.69) is 11.4 Å². The molecule has 2 aromatic carbocycles. The number of benzene rings is 2. The number of nitriles is 1. The fourth-order valence-corrected chi connectivity index (χ4v) is 4.03. The summed E-state index contributed by atoms with van der Waals surface area (Å²) in [6, 6.07) is 15.9. The molecule has 0 aliphatic heterocycles. The van der Waals surface area contributed by atoms with E-state index in [0.29, 0.717) is 18.6 Å². The van der Waals surface area contributed by atoms with E-state index in [4.69, 9.17) is 9.47 Å². The molecule has 0 spiro atoms. The number of anilines is 1. The van der Waals surface area contributed by atoms with Gasteiger partial charge in [0, 0.05) is 13.1 Å². The molecule has 0 atom stereocenters. The SMILES string of the molecule is COc1ccc(C=CC(=O)Nc2ccccc2C(=O)OCC(=O)N(C)C2(C#N)CCCCC2)cc1. The topological polar surface area (TPSA) is 109 Å². The molecule has 0 aromatic heterocycles. The van der Waals surface area contributed by atoms with Gasteiger partial charge in [0.1, 0.15) is 11.3 Å². The Hall–Kier alpha value is -4.12. The first kappa shape index (κ1) is 25.5. The maximum atomic E-state index is 12.7. The molecule has 0 radical (unpaired) electrons. The van der Waals surface area contributed by atoms with Gasteiger partial charge in [-0.2, -0.15) is 5.26 Å². The maximum Gasteiger partial charge on any atom is 0.340 e. The maximum absolute atomic E-state index is 12.7.